The topological polar surface area (TPSA) is 60.4 Å². The van der Waals surface area contributed by atoms with Gasteiger partial charge in [0.1, 0.15) is 10.5 Å². The molecule has 0 saturated heterocycles. The maximum Gasteiger partial charge on any atom is 0.187 e. The molecule has 0 heterocycles. The van der Waals surface area contributed by atoms with Crippen molar-refractivity contribution in [1.82, 2.24) is 0 Å². The smallest absolute Gasteiger partial charge is 0.187 e. The van der Waals surface area contributed by atoms with Crippen LogP contribution in [0.5, 0.6) is 5.75 Å². The lowest BCUT2D eigenvalue weighted by Gasteiger charge is -2.23. The minimum atomic E-state index is -3.50. The van der Waals surface area contributed by atoms with E-state index in [0.717, 1.165) is 17.4 Å². The molecule has 0 saturated carbocycles. The maximum absolute atomic E-state index is 12.5. The van der Waals surface area contributed by atoms with Crippen molar-refractivity contribution >= 4 is 15.6 Å². The number of rotatable bonds is 4. The summed E-state index contributed by atoms with van der Waals surface area (Å²) in [5.41, 5.74) is 2.14. The zero-order valence-electron chi connectivity index (χ0n) is 12.2. The normalized spacial score (nSPS) is 12.3. The molecule has 0 amide bonds. The standard InChI is InChI=1S/C14H20O4S/c1-9-7-8-11(12(18-5)10(9)2)13(15)14(3,4)19(6,16)17/h7-8H,1-6H3. The summed E-state index contributed by atoms with van der Waals surface area (Å²) in [6.45, 7) is 6.59. The average Bonchev–Trinajstić information content (AvgIpc) is 2.30. The van der Waals surface area contributed by atoms with E-state index in [1.165, 1.54) is 21.0 Å². The van der Waals surface area contributed by atoms with Gasteiger partial charge in [0.15, 0.2) is 15.6 Å². The van der Waals surface area contributed by atoms with Crippen LogP contribution in [0.25, 0.3) is 0 Å². The molecular weight excluding hydrogens is 264 g/mol. The fourth-order valence-corrected chi connectivity index (χ4v) is 2.17. The molecular formula is C14H20O4S. The van der Waals surface area contributed by atoms with Gasteiger partial charge in [-0.15, -0.1) is 0 Å². The van der Waals surface area contributed by atoms with Crippen LogP contribution in [0.3, 0.4) is 0 Å². The highest BCUT2D eigenvalue weighted by atomic mass is 32.2. The number of ketones is 1. The first-order chi connectivity index (χ1) is 8.54. The van der Waals surface area contributed by atoms with Crippen LogP contribution in [0.1, 0.15) is 35.3 Å². The summed E-state index contributed by atoms with van der Waals surface area (Å²) in [4.78, 5) is 12.5. The summed E-state index contributed by atoms with van der Waals surface area (Å²) < 4.78 is 27.3. The van der Waals surface area contributed by atoms with Crippen LogP contribution in [0.4, 0.5) is 0 Å². The minimum absolute atomic E-state index is 0.307. The molecule has 0 aliphatic rings. The zero-order chi connectivity index (χ0) is 15.0. The first kappa shape index (κ1) is 15.7. The number of ether oxygens (including phenoxy) is 1. The monoisotopic (exact) mass is 284 g/mol. The molecule has 5 heteroatoms. The van der Waals surface area contributed by atoms with Gasteiger partial charge in [-0.25, -0.2) is 8.42 Å². The number of Topliss-reactive ketones (excluding diaryl/α,β-unsaturated/α-hetero) is 1. The third kappa shape index (κ3) is 2.66. The predicted molar refractivity (Wildman–Crippen MR) is 75.7 cm³/mol. The highest BCUT2D eigenvalue weighted by molar-refractivity contribution is 7.92. The Morgan fingerprint density at radius 1 is 1.21 bits per heavy atom. The SMILES string of the molecule is COc1c(C(=O)C(C)(C)S(C)(=O)=O)ccc(C)c1C. The fraction of sp³-hybridized carbons (Fsp3) is 0.500. The molecule has 1 aromatic carbocycles. The number of hydrogen-bond acceptors (Lipinski definition) is 4. The molecule has 0 atom stereocenters. The molecule has 0 radical (unpaired) electrons. The summed E-state index contributed by atoms with van der Waals surface area (Å²) in [6, 6.07) is 3.42. The molecule has 4 nitrogen and oxygen atoms in total. The van der Waals surface area contributed by atoms with E-state index in [9.17, 15) is 13.2 Å². The fourth-order valence-electron chi connectivity index (χ4n) is 1.72. The number of hydrogen-bond donors (Lipinski definition) is 0. The van der Waals surface area contributed by atoms with Crippen molar-refractivity contribution in [3.8, 4) is 5.75 Å². The number of sulfone groups is 1. The Morgan fingerprint density at radius 3 is 2.16 bits per heavy atom. The van der Waals surface area contributed by atoms with Gasteiger partial charge in [-0.1, -0.05) is 6.07 Å². The van der Waals surface area contributed by atoms with Gasteiger partial charge in [-0.05, 0) is 44.9 Å². The van der Waals surface area contributed by atoms with Crippen molar-refractivity contribution in [3.05, 3.63) is 28.8 Å². The van der Waals surface area contributed by atoms with E-state index in [4.69, 9.17) is 4.74 Å². The second-order valence-electron chi connectivity index (χ2n) is 5.20. The van der Waals surface area contributed by atoms with Gasteiger partial charge in [-0.2, -0.15) is 0 Å². The first-order valence-corrected chi connectivity index (χ1v) is 7.81. The van der Waals surface area contributed by atoms with E-state index in [1.807, 2.05) is 13.8 Å². The highest BCUT2D eigenvalue weighted by Gasteiger charge is 2.40. The van der Waals surface area contributed by atoms with Crippen molar-refractivity contribution in [3.63, 3.8) is 0 Å². The summed E-state index contributed by atoms with van der Waals surface area (Å²) in [5, 5.41) is 0. The highest BCUT2D eigenvalue weighted by Crippen LogP contribution is 2.31. The number of carbonyl (C=O) groups is 1. The van der Waals surface area contributed by atoms with Crippen molar-refractivity contribution in [1.29, 1.82) is 0 Å². The first-order valence-electron chi connectivity index (χ1n) is 5.92. The van der Waals surface area contributed by atoms with Crippen LogP contribution < -0.4 is 4.74 Å². The van der Waals surface area contributed by atoms with Gasteiger partial charge in [0.2, 0.25) is 0 Å². The van der Waals surface area contributed by atoms with Crippen LogP contribution in [0.2, 0.25) is 0 Å². The molecule has 0 spiro atoms. The Kier molecular flexibility index (Phi) is 4.10. The van der Waals surface area contributed by atoms with E-state index in [1.54, 1.807) is 12.1 Å². The number of carbonyl (C=O) groups excluding carboxylic acids is 1. The Balaban J connectivity index is 3.49. The summed E-state index contributed by atoms with van der Waals surface area (Å²) in [7, 11) is -2.02. The molecule has 106 valence electrons. The molecule has 0 fully saturated rings. The van der Waals surface area contributed by atoms with Crippen LogP contribution in [-0.2, 0) is 9.84 Å². The van der Waals surface area contributed by atoms with Crippen molar-refractivity contribution < 1.29 is 17.9 Å². The van der Waals surface area contributed by atoms with E-state index in [2.05, 4.69) is 0 Å². The van der Waals surface area contributed by atoms with E-state index in [-0.39, 0.29) is 0 Å². The van der Waals surface area contributed by atoms with E-state index < -0.39 is 20.4 Å². The average molecular weight is 284 g/mol. The second kappa shape index (κ2) is 4.96. The Morgan fingerprint density at radius 2 is 1.74 bits per heavy atom. The van der Waals surface area contributed by atoms with Crippen LogP contribution in [0.15, 0.2) is 12.1 Å². The third-order valence-corrected chi connectivity index (χ3v) is 5.64. The van der Waals surface area contributed by atoms with E-state index in [0.29, 0.717) is 11.3 Å². The Labute approximate surface area is 114 Å². The van der Waals surface area contributed by atoms with Gasteiger partial charge in [0.25, 0.3) is 0 Å². The minimum Gasteiger partial charge on any atom is -0.496 e. The Bertz CT molecular complexity index is 613. The number of methoxy groups -OCH3 is 1. The van der Waals surface area contributed by atoms with Gasteiger partial charge in [0.05, 0.1) is 12.7 Å². The Hall–Kier alpha value is -1.36. The van der Waals surface area contributed by atoms with Crippen molar-refractivity contribution in [2.24, 2.45) is 0 Å². The zero-order valence-corrected chi connectivity index (χ0v) is 13.0. The van der Waals surface area contributed by atoms with Crippen molar-refractivity contribution in [2.75, 3.05) is 13.4 Å². The van der Waals surface area contributed by atoms with E-state index >= 15 is 0 Å². The second-order valence-corrected chi connectivity index (χ2v) is 7.76. The predicted octanol–water partition coefficient (Wildman–Crippen LogP) is 2.32. The van der Waals surface area contributed by atoms with Crippen LogP contribution in [0, 0.1) is 13.8 Å². The molecule has 0 unspecified atom stereocenters. The van der Waals surface area contributed by atoms with Gasteiger partial charge in [0, 0.05) is 6.26 Å². The lowest BCUT2D eigenvalue weighted by molar-refractivity contribution is 0.0951. The lowest BCUT2D eigenvalue weighted by Crippen LogP contribution is -2.40. The molecule has 0 aromatic heterocycles. The third-order valence-electron chi connectivity index (χ3n) is 3.60. The van der Waals surface area contributed by atoms with Crippen molar-refractivity contribution in [2.45, 2.75) is 32.4 Å². The van der Waals surface area contributed by atoms with Crippen LogP contribution in [-0.4, -0.2) is 32.3 Å². The molecule has 0 bridgehead atoms. The molecule has 1 aromatic rings. The molecule has 1 rings (SSSR count). The molecule has 19 heavy (non-hydrogen) atoms. The molecule has 0 aliphatic carbocycles. The van der Waals surface area contributed by atoms with Crippen LogP contribution >= 0.6 is 0 Å². The number of benzene rings is 1. The lowest BCUT2D eigenvalue weighted by atomic mass is 9.95. The maximum atomic E-state index is 12.5. The van der Waals surface area contributed by atoms with Gasteiger partial charge < -0.3 is 4.74 Å². The largest absolute Gasteiger partial charge is 0.496 e. The van der Waals surface area contributed by atoms with Gasteiger partial charge in [-0.3, -0.25) is 4.79 Å². The molecule has 0 aliphatic heterocycles. The number of aryl methyl sites for hydroxylation is 1. The summed E-state index contributed by atoms with van der Waals surface area (Å²) >= 11 is 0. The summed E-state index contributed by atoms with van der Waals surface area (Å²) in [6.07, 6.45) is 1.07. The molecule has 0 N–H and O–H groups in total. The quantitative estimate of drug-likeness (QED) is 0.796. The summed E-state index contributed by atoms with van der Waals surface area (Å²) in [5.74, 6) is -0.00308. The van der Waals surface area contributed by atoms with Gasteiger partial charge >= 0.3 is 0 Å².